The number of hydrogen-bond donors (Lipinski definition) is 0. The van der Waals surface area contributed by atoms with E-state index >= 15 is 0 Å². The maximum Gasteiger partial charge on any atom is 0.237 e. The van der Waals surface area contributed by atoms with Crippen LogP contribution in [0.25, 0.3) is 0 Å². The van der Waals surface area contributed by atoms with Crippen molar-refractivity contribution in [3.8, 4) is 0 Å². The number of unbranched alkanes of at least 4 members (excludes halogenated alkanes) is 3. The molecule has 0 aliphatic carbocycles. The molecule has 30 heavy (non-hydrogen) atoms. The second-order valence-corrected chi connectivity index (χ2v) is 10.2. The normalized spacial score (nSPS) is 18.9. The molecule has 1 aliphatic heterocycles. The van der Waals surface area contributed by atoms with Crippen molar-refractivity contribution in [2.75, 3.05) is 4.90 Å². The molecule has 0 bridgehead atoms. The van der Waals surface area contributed by atoms with Crippen molar-refractivity contribution in [1.29, 1.82) is 0 Å². The van der Waals surface area contributed by atoms with Crippen LogP contribution in [0.15, 0.2) is 24.3 Å². The van der Waals surface area contributed by atoms with E-state index in [-0.39, 0.29) is 28.5 Å². The molecule has 2 rings (SSSR count). The molecule has 164 valence electrons. The summed E-state index contributed by atoms with van der Waals surface area (Å²) in [6.45, 7) is 12.7. The minimum absolute atomic E-state index is 0.0138. The van der Waals surface area contributed by atoms with E-state index in [1.54, 1.807) is 0 Å². The number of anilines is 1. The molecule has 1 aromatic carbocycles. The van der Waals surface area contributed by atoms with E-state index in [0.29, 0.717) is 18.0 Å². The first-order valence-corrected chi connectivity index (χ1v) is 11.8. The molecule has 2 radical (unpaired) electrons. The zero-order valence-corrected chi connectivity index (χ0v) is 20.0. The zero-order chi connectivity index (χ0) is 22.5. The Morgan fingerprint density at radius 1 is 0.967 bits per heavy atom. The number of nitrogens with zero attached hydrogens (tertiary/aromatic N) is 1. The first-order valence-electron chi connectivity index (χ1n) is 11.8. The van der Waals surface area contributed by atoms with E-state index in [1.165, 1.54) is 24.2 Å². The van der Waals surface area contributed by atoms with Gasteiger partial charge in [-0.05, 0) is 41.9 Å². The molecular weight excluding hydrogens is 369 g/mol. The molecule has 3 nitrogen and oxygen atoms in total. The molecule has 2 amide bonds. The van der Waals surface area contributed by atoms with Gasteiger partial charge in [0.2, 0.25) is 11.8 Å². The molecule has 0 spiro atoms. The Morgan fingerprint density at radius 3 is 2.13 bits per heavy atom. The van der Waals surface area contributed by atoms with E-state index in [4.69, 9.17) is 7.85 Å². The van der Waals surface area contributed by atoms with Crippen molar-refractivity contribution in [3.05, 3.63) is 29.8 Å². The fraction of sp³-hybridized carbons (Fsp3) is 0.692. The summed E-state index contributed by atoms with van der Waals surface area (Å²) in [5.74, 6) is 0.0636. The Labute approximate surface area is 185 Å². The summed E-state index contributed by atoms with van der Waals surface area (Å²) in [5.41, 5.74) is 1.56. The summed E-state index contributed by atoms with van der Waals surface area (Å²) in [4.78, 5) is 27.5. The standard InChI is InChI=1S/C26H40BNO2/c1-7-9-10-11-13-19(12-8-2)22-18-23(29)28(24(22)30)21-16-14-20(15-17-21)25(3,4)26(5,6)27/h14-17,19,22H,7-13,18H2,1-6H3. The van der Waals surface area contributed by atoms with Crippen LogP contribution in [0.3, 0.4) is 0 Å². The first kappa shape index (κ1) is 24.7. The van der Waals surface area contributed by atoms with Crippen LogP contribution in [0.5, 0.6) is 0 Å². The molecule has 1 heterocycles. The van der Waals surface area contributed by atoms with Crippen LogP contribution in [-0.2, 0) is 15.0 Å². The van der Waals surface area contributed by atoms with Gasteiger partial charge in [0.1, 0.15) is 0 Å². The smallest absolute Gasteiger partial charge is 0.237 e. The third-order valence-electron chi connectivity index (χ3n) is 7.30. The lowest BCUT2D eigenvalue weighted by Crippen LogP contribution is -2.33. The quantitative estimate of drug-likeness (QED) is 0.235. The molecule has 2 unspecified atom stereocenters. The predicted octanol–water partition coefficient (Wildman–Crippen LogP) is 6.60. The van der Waals surface area contributed by atoms with Gasteiger partial charge in [0, 0.05) is 6.42 Å². The maximum absolute atomic E-state index is 13.2. The van der Waals surface area contributed by atoms with Crippen molar-refractivity contribution >= 4 is 25.3 Å². The molecular formula is C26H40BNO2. The van der Waals surface area contributed by atoms with E-state index in [9.17, 15) is 9.59 Å². The van der Waals surface area contributed by atoms with Crippen LogP contribution in [0.2, 0.25) is 5.31 Å². The molecule has 1 aliphatic rings. The largest absolute Gasteiger partial charge is 0.274 e. The Bertz CT molecular complexity index is 718. The van der Waals surface area contributed by atoms with Gasteiger partial charge in [-0.2, -0.15) is 0 Å². The van der Waals surface area contributed by atoms with Crippen molar-refractivity contribution < 1.29 is 9.59 Å². The number of rotatable bonds is 11. The molecule has 1 aromatic rings. The average molecular weight is 409 g/mol. The van der Waals surface area contributed by atoms with Gasteiger partial charge in [-0.25, -0.2) is 0 Å². The lowest BCUT2D eigenvalue weighted by atomic mass is 9.54. The minimum atomic E-state index is -0.385. The molecule has 2 atom stereocenters. The maximum atomic E-state index is 13.2. The summed E-state index contributed by atoms with van der Waals surface area (Å²) < 4.78 is 0. The van der Waals surface area contributed by atoms with Crippen molar-refractivity contribution in [2.45, 2.75) is 104 Å². The number of benzene rings is 1. The number of amides is 2. The van der Waals surface area contributed by atoms with Crippen LogP contribution < -0.4 is 4.90 Å². The van der Waals surface area contributed by atoms with Gasteiger partial charge < -0.3 is 0 Å². The lowest BCUT2D eigenvalue weighted by molar-refractivity contribution is -0.123. The molecule has 0 aromatic heterocycles. The molecule has 0 N–H and O–H groups in total. The highest BCUT2D eigenvalue weighted by atomic mass is 16.2. The van der Waals surface area contributed by atoms with E-state index in [1.807, 2.05) is 38.1 Å². The fourth-order valence-electron chi connectivity index (χ4n) is 4.44. The average Bonchev–Trinajstić information content (AvgIpc) is 2.97. The summed E-state index contributed by atoms with van der Waals surface area (Å²) in [6, 6.07) is 7.81. The lowest BCUT2D eigenvalue weighted by Gasteiger charge is -2.40. The van der Waals surface area contributed by atoms with Gasteiger partial charge in [0.25, 0.3) is 0 Å². The van der Waals surface area contributed by atoms with Gasteiger partial charge >= 0.3 is 0 Å². The third-order valence-corrected chi connectivity index (χ3v) is 7.30. The molecule has 1 saturated heterocycles. The number of carbonyl (C=O) groups is 2. The Kier molecular flexibility index (Phi) is 8.36. The summed E-state index contributed by atoms with van der Waals surface area (Å²) in [7, 11) is 6.37. The molecule has 4 heteroatoms. The summed E-state index contributed by atoms with van der Waals surface area (Å²) in [6.07, 6.45) is 8.27. The van der Waals surface area contributed by atoms with Crippen LogP contribution in [0.4, 0.5) is 5.69 Å². The summed E-state index contributed by atoms with van der Waals surface area (Å²) in [5, 5.41) is -0.385. The fourth-order valence-corrected chi connectivity index (χ4v) is 4.44. The van der Waals surface area contributed by atoms with Crippen LogP contribution in [0.1, 0.15) is 98.5 Å². The van der Waals surface area contributed by atoms with Crippen molar-refractivity contribution in [3.63, 3.8) is 0 Å². The van der Waals surface area contributed by atoms with E-state index in [0.717, 1.165) is 31.2 Å². The number of hydrogen-bond acceptors (Lipinski definition) is 2. The van der Waals surface area contributed by atoms with E-state index < -0.39 is 0 Å². The van der Waals surface area contributed by atoms with Crippen molar-refractivity contribution in [1.82, 2.24) is 0 Å². The molecule has 1 fully saturated rings. The molecule has 0 saturated carbocycles. The minimum Gasteiger partial charge on any atom is -0.274 e. The van der Waals surface area contributed by atoms with Gasteiger partial charge in [0.15, 0.2) is 0 Å². The highest BCUT2D eigenvalue weighted by Gasteiger charge is 2.43. The third kappa shape index (κ3) is 5.37. The Balaban J connectivity index is 2.17. The Morgan fingerprint density at radius 2 is 1.60 bits per heavy atom. The van der Waals surface area contributed by atoms with Gasteiger partial charge in [-0.15, -0.1) is 0 Å². The summed E-state index contributed by atoms with van der Waals surface area (Å²) >= 11 is 0. The monoisotopic (exact) mass is 409 g/mol. The second-order valence-electron chi connectivity index (χ2n) is 10.2. The van der Waals surface area contributed by atoms with Gasteiger partial charge in [0.05, 0.1) is 19.5 Å². The number of carbonyl (C=O) groups excluding carboxylic acids is 2. The topological polar surface area (TPSA) is 37.4 Å². The highest BCUT2D eigenvalue weighted by Crippen LogP contribution is 2.45. The first-order chi connectivity index (χ1) is 14.0. The number of imide groups is 1. The van der Waals surface area contributed by atoms with Crippen LogP contribution in [-0.4, -0.2) is 19.7 Å². The predicted molar refractivity (Wildman–Crippen MR) is 127 cm³/mol. The van der Waals surface area contributed by atoms with Crippen LogP contribution in [0, 0.1) is 11.8 Å². The zero-order valence-electron chi connectivity index (χ0n) is 20.0. The van der Waals surface area contributed by atoms with E-state index in [2.05, 4.69) is 27.7 Å². The van der Waals surface area contributed by atoms with Crippen molar-refractivity contribution in [2.24, 2.45) is 11.8 Å². The van der Waals surface area contributed by atoms with Crippen LogP contribution >= 0.6 is 0 Å². The Hall–Kier alpha value is -1.58. The highest BCUT2D eigenvalue weighted by molar-refractivity contribution is 6.21. The SMILES string of the molecule is [B]C(C)(C)C(C)(C)c1ccc(N2C(=O)CC(C(CCC)CCCCCC)C2=O)cc1. The van der Waals surface area contributed by atoms with Gasteiger partial charge in [-0.1, -0.05) is 91.1 Å². The second kappa shape index (κ2) is 10.2. The van der Waals surface area contributed by atoms with Gasteiger partial charge in [-0.3, -0.25) is 14.5 Å².